The quantitative estimate of drug-likeness (QED) is 0.727. The molecule has 1 aromatic carbocycles. The monoisotopic (exact) mass is 336 g/mol. The summed E-state index contributed by atoms with van der Waals surface area (Å²) in [5.41, 5.74) is 2.02. The molecule has 3 heterocycles. The second-order valence-corrected chi connectivity index (χ2v) is 5.64. The summed E-state index contributed by atoms with van der Waals surface area (Å²) in [6.07, 6.45) is 2.44. The minimum atomic E-state index is -0.191. The average Bonchev–Trinajstić information content (AvgIpc) is 2.89. The van der Waals surface area contributed by atoms with Crippen LogP contribution < -0.4 is 15.0 Å². The Morgan fingerprint density at radius 2 is 1.92 bits per heavy atom. The second kappa shape index (κ2) is 6.72. The van der Waals surface area contributed by atoms with E-state index in [9.17, 15) is 4.79 Å². The van der Waals surface area contributed by atoms with Gasteiger partial charge in [0.05, 0.1) is 31.1 Å². The minimum absolute atomic E-state index is 0.191. The van der Waals surface area contributed by atoms with Crippen LogP contribution in [0.15, 0.2) is 53.5 Å². The lowest BCUT2D eigenvalue weighted by molar-refractivity contribution is 0.297. The minimum Gasteiger partial charge on any atom is -0.490 e. The zero-order chi connectivity index (χ0) is 17.1. The van der Waals surface area contributed by atoms with Crippen LogP contribution in [0, 0.1) is 0 Å². The van der Waals surface area contributed by atoms with Crippen molar-refractivity contribution in [3.8, 4) is 22.8 Å². The molecule has 0 radical (unpaired) electrons. The van der Waals surface area contributed by atoms with Gasteiger partial charge in [0.25, 0.3) is 5.56 Å². The molecule has 0 bridgehead atoms. The van der Waals surface area contributed by atoms with Gasteiger partial charge in [-0.2, -0.15) is 15.3 Å². The molecule has 0 saturated heterocycles. The molecule has 0 spiro atoms. The third-order valence-electron chi connectivity index (χ3n) is 3.85. The Labute approximate surface area is 143 Å². The smallest absolute Gasteiger partial charge is 0.267 e. The van der Waals surface area contributed by atoms with E-state index in [4.69, 9.17) is 9.47 Å². The van der Waals surface area contributed by atoms with Gasteiger partial charge in [-0.1, -0.05) is 0 Å². The average molecular weight is 336 g/mol. The molecule has 1 aliphatic heterocycles. The number of aromatic nitrogens is 4. The summed E-state index contributed by atoms with van der Waals surface area (Å²) in [7, 11) is 0. The van der Waals surface area contributed by atoms with Gasteiger partial charge >= 0.3 is 0 Å². The van der Waals surface area contributed by atoms with Crippen molar-refractivity contribution in [3.63, 3.8) is 0 Å². The van der Waals surface area contributed by atoms with Crippen molar-refractivity contribution >= 4 is 0 Å². The maximum Gasteiger partial charge on any atom is 0.267 e. The molecule has 126 valence electrons. The lowest BCUT2D eigenvalue weighted by atomic mass is 10.1. The summed E-state index contributed by atoms with van der Waals surface area (Å²) >= 11 is 0. The molecule has 0 saturated carbocycles. The number of rotatable bonds is 3. The highest BCUT2D eigenvalue weighted by atomic mass is 16.5. The number of nitrogens with zero attached hydrogens (tertiary/aromatic N) is 4. The molecule has 3 aromatic rings. The maximum atomic E-state index is 12.1. The zero-order valence-corrected chi connectivity index (χ0v) is 13.5. The van der Waals surface area contributed by atoms with E-state index in [2.05, 4.69) is 15.3 Å². The van der Waals surface area contributed by atoms with Crippen LogP contribution in [0.5, 0.6) is 11.5 Å². The van der Waals surface area contributed by atoms with Crippen LogP contribution in [0.3, 0.4) is 0 Å². The third kappa shape index (κ3) is 3.35. The molecular weight excluding hydrogens is 320 g/mol. The Morgan fingerprint density at radius 3 is 2.76 bits per heavy atom. The third-order valence-corrected chi connectivity index (χ3v) is 3.85. The molecule has 4 rings (SSSR count). The number of hydrogen-bond acceptors (Lipinski definition) is 6. The van der Waals surface area contributed by atoms with Crippen molar-refractivity contribution in [2.45, 2.75) is 13.0 Å². The van der Waals surface area contributed by atoms with Crippen LogP contribution in [0.1, 0.15) is 12.1 Å². The summed E-state index contributed by atoms with van der Waals surface area (Å²) in [5.74, 6) is 1.43. The number of fused-ring (bicyclic) bond motifs is 1. The molecule has 0 aliphatic carbocycles. The highest BCUT2D eigenvalue weighted by Gasteiger charge is 2.13. The molecule has 0 N–H and O–H groups in total. The summed E-state index contributed by atoms with van der Waals surface area (Å²) < 4.78 is 12.7. The molecule has 7 nitrogen and oxygen atoms in total. The van der Waals surface area contributed by atoms with E-state index in [1.54, 1.807) is 24.4 Å². The van der Waals surface area contributed by atoms with Crippen LogP contribution in [-0.4, -0.2) is 33.2 Å². The van der Waals surface area contributed by atoms with Crippen LogP contribution in [0.2, 0.25) is 0 Å². The fraction of sp³-hybridized carbons (Fsp3) is 0.222. The van der Waals surface area contributed by atoms with Gasteiger partial charge in [0.15, 0.2) is 11.5 Å². The van der Waals surface area contributed by atoms with Gasteiger partial charge in [0, 0.05) is 24.2 Å². The molecule has 0 unspecified atom stereocenters. The first-order chi connectivity index (χ1) is 12.3. The SMILES string of the molecule is O=c1ccc(-c2ccc3c(c2)OCCCO3)nn1Cc1cccnn1. The lowest BCUT2D eigenvalue weighted by Crippen LogP contribution is -2.23. The first kappa shape index (κ1) is 15.3. The van der Waals surface area contributed by atoms with Gasteiger partial charge in [-0.25, -0.2) is 4.68 Å². The first-order valence-electron chi connectivity index (χ1n) is 8.04. The first-order valence-corrected chi connectivity index (χ1v) is 8.04. The van der Waals surface area contributed by atoms with Crippen LogP contribution in [0.4, 0.5) is 0 Å². The topological polar surface area (TPSA) is 79.1 Å². The summed E-state index contributed by atoms with van der Waals surface area (Å²) in [4.78, 5) is 12.1. The highest BCUT2D eigenvalue weighted by Crippen LogP contribution is 2.33. The van der Waals surface area contributed by atoms with E-state index >= 15 is 0 Å². The standard InChI is InChI=1S/C18H16N4O3/c23-18-7-5-15(21-22(18)12-14-3-1-8-19-20-14)13-4-6-16-17(11-13)25-10-2-9-24-16/h1,3-8,11H,2,9-10,12H2. The van der Waals surface area contributed by atoms with E-state index in [0.717, 1.165) is 17.7 Å². The number of benzene rings is 1. The number of hydrogen-bond donors (Lipinski definition) is 0. The summed E-state index contributed by atoms with van der Waals surface area (Å²) in [6, 6.07) is 12.5. The van der Waals surface area contributed by atoms with E-state index in [1.165, 1.54) is 10.7 Å². The molecule has 2 aromatic heterocycles. The molecule has 0 fully saturated rings. The highest BCUT2D eigenvalue weighted by molar-refractivity contribution is 5.63. The van der Waals surface area contributed by atoms with E-state index < -0.39 is 0 Å². The van der Waals surface area contributed by atoms with Crippen molar-refractivity contribution < 1.29 is 9.47 Å². The zero-order valence-electron chi connectivity index (χ0n) is 13.5. The van der Waals surface area contributed by atoms with E-state index in [1.807, 2.05) is 18.2 Å². The van der Waals surface area contributed by atoms with Crippen LogP contribution in [-0.2, 0) is 6.54 Å². The van der Waals surface area contributed by atoms with Crippen molar-refractivity contribution in [3.05, 3.63) is 64.7 Å². The molecule has 7 heteroatoms. The van der Waals surface area contributed by atoms with Crippen molar-refractivity contribution in [1.29, 1.82) is 0 Å². The summed E-state index contributed by atoms with van der Waals surface area (Å²) in [6.45, 7) is 1.54. The normalized spacial score (nSPS) is 13.3. The molecule has 0 amide bonds. The summed E-state index contributed by atoms with van der Waals surface area (Å²) in [5, 5.41) is 12.3. The predicted octanol–water partition coefficient (Wildman–Crippen LogP) is 1.91. The van der Waals surface area contributed by atoms with Gasteiger partial charge in [-0.3, -0.25) is 4.79 Å². The van der Waals surface area contributed by atoms with Crippen LogP contribution >= 0.6 is 0 Å². The molecule has 25 heavy (non-hydrogen) atoms. The van der Waals surface area contributed by atoms with Gasteiger partial charge in [-0.15, -0.1) is 0 Å². The lowest BCUT2D eigenvalue weighted by Gasteiger charge is -2.10. The fourth-order valence-electron chi connectivity index (χ4n) is 2.61. The molecule has 0 atom stereocenters. The van der Waals surface area contributed by atoms with Crippen molar-refractivity contribution in [2.24, 2.45) is 0 Å². The van der Waals surface area contributed by atoms with E-state index in [0.29, 0.717) is 30.4 Å². The van der Waals surface area contributed by atoms with Crippen molar-refractivity contribution in [1.82, 2.24) is 20.0 Å². The van der Waals surface area contributed by atoms with E-state index in [-0.39, 0.29) is 12.1 Å². The Morgan fingerprint density at radius 1 is 1.04 bits per heavy atom. The number of ether oxygens (including phenoxy) is 2. The second-order valence-electron chi connectivity index (χ2n) is 5.64. The Hall–Kier alpha value is -3.22. The van der Waals surface area contributed by atoms with Gasteiger partial charge in [0.1, 0.15) is 0 Å². The largest absolute Gasteiger partial charge is 0.490 e. The van der Waals surface area contributed by atoms with Gasteiger partial charge in [0.2, 0.25) is 0 Å². The Kier molecular flexibility index (Phi) is 4.12. The van der Waals surface area contributed by atoms with Crippen LogP contribution in [0.25, 0.3) is 11.3 Å². The Bertz CT molecular complexity index is 941. The molecular formula is C18H16N4O3. The molecule has 1 aliphatic rings. The Balaban J connectivity index is 1.68. The van der Waals surface area contributed by atoms with Crippen molar-refractivity contribution in [2.75, 3.05) is 13.2 Å². The van der Waals surface area contributed by atoms with Gasteiger partial charge in [-0.05, 0) is 36.4 Å². The predicted molar refractivity (Wildman–Crippen MR) is 90.7 cm³/mol. The maximum absolute atomic E-state index is 12.1. The fourth-order valence-corrected chi connectivity index (χ4v) is 2.61. The van der Waals surface area contributed by atoms with Gasteiger partial charge < -0.3 is 9.47 Å².